The second kappa shape index (κ2) is 8.58. The lowest BCUT2D eigenvalue weighted by atomic mass is 10.2. The van der Waals surface area contributed by atoms with Crippen LogP contribution in [0.3, 0.4) is 0 Å². The van der Waals surface area contributed by atoms with Crippen molar-refractivity contribution in [1.82, 2.24) is 10.2 Å². The average Bonchev–Trinajstić information content (AvgIpc) is 3.34. The molecule has 1 aromatic carbocycles. The summed E-state index contributed by atoms with van der Waals surface area (Å²) >= 11 is 0. The van der Waals surface area contributed by atoms with Crippen molar-refractivity contribution in [3.8, 4) is 11.5 Å². The van der Waals surface area contributed by atoms with E-state index in [-0.39, 0.29) is 12.5 Å². The quantitative estimate of drug-likeness (QED) is 0.797. The van der Waals surface area contributed by atoms with Crippen molar-refractivity contribution < 1.29 is 18.7 Å². The van der Waals surface area contributed by atoms with Gasteiger partial charge in [-0.3, -0.25) is 4.79 Å². The lowest BCUT2D eigenvalue weighted by molar-refractivity contribution is -0.132. The number of nitrogens with one attached hydrogen (secondary N) is 1. The summed E-state index contributed by atoms with van der Waals surface area (Å²) in [6.45, 7) is 3.06. The molecule has 0 aliphatic carbocycles. The van der Waals surface area contributed by atoms with Crippen LogP contribution in [0, 0.1) is 0 Å². The summed E-state index contributed by atoms with van der Waals surface area (Å²) in [7, 11) is 1.60. The van der Waals surface area contributed by atoms with Crippen LogP contribution >= 0.6 is 0 Å². The molecular formula is C19H24N2O4. The smallest absolute Gasteiger partial charge is 0.260 e. The summed E-state index contributed by atoms with van der Waals surface area (Å²) in [6.07, 6.45) is 3.82. The molecule has 1 aliphatic heterocycles. The van der Waals surface area contributed by atoms with E-state index >= 15 is 0 Å². The topological polar surface area (TPSA) is 63.9 Å². The maximum atomic E-state index is 12.1. The van der Waals surface area contributed by atoms with Crippen molar-refractivity contribution in [2.45, 2.75) is 25.9 Å². The van der Waals surface area contributed by atoms with E-state index in [0.717, 1.165) is 37.3 Å². The van der Waals surface area contributed by atoms with Crippen LogP contribution in [-0.4, -0.2) is 37.6 Å². The number of ether oxygens (including phenoxy) is 2. The number of hydrogen-bond acceptors (Lipinski definition) is 5. The third-order valence-electron chi connectivity index (χ3n) is 4.25. The van der Waals surface area contributed by atoms with E-state index in [1.54, 1.807) is 13.4 Å². The molecule has 6 nitrogen and oxygen atoms in total. The predicted octanol–water partition coefficient (Wildman–Crippen LogP) is 2.58. The zero-order chi connectivity index (χ0) is 17.5. The Balaban J connectivity index is 1.52. The third kappa shape index (κ3) is 4.76. The van der Waals surface area contributed by atoms with Crippen molar-refractivity contribution in [3.63, 3.8) is 0 Å². The minimum absolute atomic E-state index is 0.0312. The minimum atomic E-state index is 0.0312. The van der Waals surface area contributed by atoms with E-state index in [1.807, 2.05) is 35.2 Å². The number of carbonyl (C=O) groups is 1. The molecule has 0 unspecified atom stereocenters. The first-order chi connectivity index (χ1) is 12.3. The molecule has 2 heterocycles. The van der Waals surface area contributed by atoms with Crippen LogP contribution in [0.2, 0.25) is 0 Å². The second-order valence-electron chi connectivity index (χ2n) is 6.04. The number of hydrogen-bond donors (Lipinski definition) is 1. The Morgan fingerprint density at radius 3 is 2.76 bits per heavy atom. The van der Waals surface area contributed by atoms with Gasteiger partial charge in [0, 0.05) is 19.6 Å². The van der Waals surface area contributed by atoms with Crippen LogP contribution in [0.15, 0.2) is 41.0 Å². The molecule has 0 saturated carbocycles. The summed E-state index contributed by atoms with van der Waals surface area (Å²) in [5.41, 5.74) is 1.07. The molecule has 0 spiro atoms. The molecule has 25 heavy (non-hydrogen) atoms. The van der Waals surface area contributed by atoms with Gasteiger partial charge in [0.25, 0.3) is 5.91 Å². The third-order valence-corrected chi connectivity index (χ3v) is 4.25. The fraction of sp³-hybridized carbons (Fsp3) is 0.421. The van der Waals surface area contributed by atoms with Gasteiger partial charge in [0.05, 0.1) is 19.9 Å². The van der Waals surface area contributed by atoms with Gasteiger partial charge in [-0.15, -0.1) is 0 Å². The molecule has 0 radical (unpaired) electrons. The largest absolute Gasteiger partial charge is 0.493 e. The molecule has 6 heteroatoms. The molecule has 2 aromatic rings. The van der Waals surface area contributed by atoms with Crippen LogP contribution in [0.25, 0.3) is 0 Å². The molecule has 0 atom stereocenters. The molecule has 1 fully saturated rings. The lowest BCUT2D eigenvalue weighted by Gasteiger charge is -2.17. The molecule has 134 valence electrons. The van der Waals surface area contributed by atoms with Crippen molar-refractivity contribution in [1.29, 1.82) is 0 Å². The van der Waals surface area contributed by atoms with Gasteiger partial charge in [0.15, 0.2) is 18.1 Å². The number of benzene rings is 1. The van der Waals surface area contributed by atoms with E-state index in [1.165, 1.54) is 0 Å². The first-order valence-electron chi connectivity index (χ1n) is 8.57. The summed E-state index contributed by atoms with van der Waals surface area (Å²) in [6, 6.07) is 9.54. The van der Waals surface area contributed by atoms with Gasteiger partial charge in [-0.2, -0.15) is 0 Å². The van der Waals surface area contributed by atoms with Crippen LogP contribution in [0.5, 0.6) is 11.5 Å². The van der Waals surface area contributed by atoms with Gasteiger partial charge in [-0.25, -0.2) is 0 Å². The highest BCUT2D eigenvalue weighted by atomic mass is 16.5. The number of nitrogens with zero attached hydrogens (tertiary/aromatic N) is 1. The van der Waals surface area contributed by atoms with Crippen LogP contribution in [0.1, 0.15) is 24.2 Å². The normalized spacial score (nSPS) is 13.9. The number of rotatable bonds is 8. The fourth-order valence-corrected chi connectivity index (χ4v) is 2.88. The number of methoxy groups -OCH3 is 1. The molecule has 1 aromatic heterocycles. The van der Waals surface area contributed by atoms with Gasteiger partial charge >= 0.3 is 0 Å². The standard InChI is InChI=1S/C19H24N2O4/c1-23-18-11-15(12-20-13-16-5-4-10-24-16)6-7-17(18)25-14-19(22)21-8-2-3-9-21/h4-7,10-11,20H,2-3,8-9,12-14H2,1H3. The number of carbonyl (C=O) groups excluding carboxylic acids is 1. The minimum Gasteiger partial charge on any atom is -0.493 e. The van der Waals surface area contributed by atoms with E-state index in [9.17, 15) is 4.79 Å². The highest BCUT2D eigenvalue weighted by Gasteiger charge is 2.18. The van der Waals surface area contributed by atoms with Gasteiger partial charge in [0.1, 0.15) is 5.76 Å². The number of likely N-dealkylation sites (tertiary alicyclic amines) is 1. The van der Waals surface area contributed by atoms with E-state index in [2.05, 4.69) is 5.32 Å². The van der Waals surface area contributed by atoms with Crippen molar-refractivity contribution in [3.05, 3.63) is 47.9 Å². The molecule has 1 aliphatic rings. The Labute approximate surface area is 147 Å². The monoisotopic (exact) mass is 344 g/mol. The summed E-state index contributed by atoms with van der Waals surface area (Å²) in [4.78, 5) is 13.9. The molecule has 1 saturated heterocycles. The SMILES string of the molecule is COc1cc(CNCc2ccco2)ccc1OCC(=O)N1CCCC1. The van der Waals surface area contributed by atoms with Crippen molar-refractivity contribution >= 4 is 5.91 Å². The number of furan rings is 1. The Hall–Kier alpha value is -2.47. The Bertz CT molecular complexity index is 679. The average molecular weight is 344 g/mol. The lowest BCUT2D eigenvalue weighted by Crippen LogP contribution is -2.32. The Morgan fingerprint density at radius 2 is 2.04 bits per heavy atom. The molecule has 1 N–H and O–H groups in total. The van der Waals surface area contributed by atoms with Gasteiger partial charge in [-0.1, -0.05) is 6.07 Å². The molecule has 0 bridgehead atoms. The van der Waals surface area contributed by atoms with Crippen LogP contribution in [0.4, 0.5) is 0 Å². The Morgan fingerprint density at radius 1 is 1.20 bits per heavy atom. The molecular weight excluding hydrogens is 320 g/mol. The van der Waals surface area contributed by atoms with Gasteiger partial charge < -0.3 is 24.1 Å². The highest BCUT2D eigenvalue weighted by Crippen LogP contribution is 2.28. The Kier molecular flexibility index (Phi) is 5.95. The van der Waals surface area contributed by atoms with Gasteiger partial charge in [0.2, 0.25) is 0 Å². The molecule has 1 amide bonds. The summed E-state index contributed by atoms with van der Waals surface area (Å²) in [5, 5.41) is 3.31. The van der Waals surface area contributed by atoms with Crippen molar-refractivity contribution in [2.75, 3.05) is 26.8 Å². The fourth-order valence-electron chi connectivity index (χ4n) is 2.88. The van der Waals surface area contributed by atoms with E-state index in [4.69, 9.17) is 13.9 Å². The first-order valence-corrected chi connectivity index (χ1v) is 8.57. The second-order valence-corrected chi connectivity index (χ2v) is 6.04. The zero-order valence-corrected chi connectivity index (χ0v) is 14.5. The highest BCUT2D eigenvalue weighted by molar-refractivity contribution is 5.78. The summed E-state index contributed by atoms with van der Waals surface area (Å²) < 4.78 is 16.4. The number of amides is 1. The maximum absolute atomic E-state index is 12.1. The maximum Gasteiger partial charge on any atom is 0.260 e. The summed E-state index contributed by atoms with van der Waals surface area (Å²) in [5.74, 6) is 2.15. The first kappa shape index (κ1) is 17.4. The zero-order valence-electron chi connectivity index (χ0n) is 14.5. The van der Waals surface area contributed by atoms with E-state index < -0.39 is 0 Å². The van der Waals surface area contributed by atoms with Crippen LogP contribution < -0.4 is 14.8 Å². The van der Waals surface area contributed by atoms with Crippen molar-refractivity contribution in [2.24, 2.45) is 0 Å². The van der Waals surface area contributed by atoms with E-state index in [0.29, 0.717) is 24.6 Å². The molecule has 3 rings (SSSR count). The predicted molar refractivity (Wildman–Crippen MR) is 93.6 cm³/mol. The van der Waals surface area contributed by atoms with Crippen LogP contribution in [-0.2, 0) is 17.9 Å². The van der Waals surface area contributed by atoms with Gasteiger partial charge in [-0.05, 0) is 42.7 Å².